The maximum atomic E-state index is 11.0. The van der Waals surface area contributed by atoms with Gasteiger partial charge in [-0.15, -0.1) is 0 Å². The number of allylic oxidation sites excluding steroid dienone is 2. The topological polar surface area (TPSA) is 50.7 Å². The maximum Gasteiger partial charge on any atom is 0.330 e. The van der Waals surface area contributed by atoms with Crippen molar-refractivity contribution in [2.75, 3.05) is 6.61 Å². The van der Waals surface area contributed by atoms with Crippen LogP contribution in [0.3, 0.4) is 0 Å². The number of hydrogen-bond acceptors (Lipinski definition) is 4. The van der Waals surface area contributed by atoms with Crippen molar-refractivity contribution < 1.29 is 9.53 Å². The van der Waals surface area contributed by atoms with Crippen LogP contribution < -0.4 is 5.32 Å². The third-order valence-electron chi connectivity index (χ3n) is 1.80. The van der Waals surface area contributed by atoms with Gasteiger partial charge in [-0.1, -0.05) is 6.58 Å². The molecule has 1 rings (SSSR count). The molecule has 4 nitrogen and oxygen atoms in total. The number of esters is 1. The highest BCUT2D eigenvalue weighted by Crippen LogP contribution is 2.07. The highest BCUT2D eigenvalue weighted by molar-refractivity contribution is 5.99. The van der Waals surface area contributed by atoms with Crippen LogP contribution in [0.15, 0.2) is 41.3 Å². The van der Waals surface area contributed by atoms with Gasteiger partial charge < -0.3 is 10.1 Å². The van der Waals surface area contributed by atoms with E-state index in [4.69, 9.17) is 4.74 Å². The first kappa shape index (κ1) is 11.2. The molecule has 0 atom stereocenters. The van der Waals surface area contributed by atoms with Crippen LogP contribution in [0.5, 0.6) is 0 Å². The number of carbonyl (C=O) groups excluding carboxylic acids is 1. The van der Waals surface area contributed by atoms with Crippen LogP contribution in [0.1, 0.15) is 13.8 Å². The first-order valence-corrected chi connectivity index (χ1v) is 4.69. The second-order valence-corrected chi connectivity index (χ2v) is 2.97. The van der Waals surface area contributed by atoms with Crippen molar-refractivity contribution in [3.8, 4) is 0 Å². The van der Waals surface area contributed by atoms with Gasteiger partial charge in [0.15, 0.2) is 0 Å². The minimum atomic E-state index is -0.365. The summed E-state index contributed by atoms with van der Waals surface area (Å²) in [6, 6.07) is 0. The summed E-state index contributed by atoms with van der Waals surface area (Å²) in [5, 5.41) is 2.95. The molecule has 0 aliphatic carbocycles. The average molecular weight is 206 g/mol. The van der Waals surface area contributed by atoms with Crippen LogP contribution in [0, 0.1) is 0 Å². The third kappa shape index (κ3) is 3.42. The lowest BCUT2D eigenvalue weighted by Crippen LogP contribution is -2.16. The van der Waals surface area contributed by atoms with Crippen molar-refractivity contribution in [3.05, 3.63) is 36.3 Å². The highest BCUT2D eigenvalue weighted by Gasteiger charge is 2.04. The molecule has 0 saturated heterocycles. The van der Waals surface area contributed by atoms with Gasteiger partial charge in [-0.3, -0.25) is 4.99 Å². The Labute approximate surface area is 89.0 Å². The van der Waals surface area contributed by atoms with Crippen molar-refractivity contribution in [1.29, 1.82) is 0 Å². The molecule has 0 fully saturated rings. The van der Waals surface area contributed by atoms with Gasteiger partial charge >= 0.3 is 5.97 Å². The summed E-state index contributed by atoms with van der Waals surface area (Å²) in [4.78, 5) is 15.2. The van der Waals surface area contributed by atoms with Gasteiger partial charge in [-0.2, -0.15) is 0 Å². The predicted octanol–water partition coefficient (Wildman–Crippen LogP) is 1.52. The fraction of sp³-hybridized carbons (Fsp3) is 0.273. The van der Waals surface area contributed by atoms with Crippen LogP contribution >= 0.6 is 0 Å². The molecule has 80 valence electrons. The van der Waals surface area contributed by atoms with E-state index in [9.17, 15) is 4.79 Å². The van der Waals surface area contributed by atoms with E-state index in [0.29, 0.717) is 12.3 Å². The number of nitrogens with one attached hydrogen (secondary N) is 1. The smallest absolute Gasteiger partial charge is 0.330 e. The minimum absolute atomic E-state index is 0.365. The van der Waals surface area contributed by atoms with Crippen molar-refractivity contribution in [1.82, 2.24) is 5.32 Å². The molecule has 1 heterocycles. The van der Waals surface area contributed by atoms with Crippen LogP contribution in [0.25, 0.3) is 0 Å². The van der Waals surface area contributed by atoms with E-state index in [-0.39, 0.29) is 5.97 Å². The Kier molecular flexibility index (Phi) is 3.85. The van der Waals surface area contributed by atoms with Gasteiger partial charge in [-0.25, -0.2) is 4.79 Å². The summed E-state index contributed by atoms with van der Waals surface area (Å²) in [5.41, 5.74) is 2.25. The van der Waals surface area contributed by atoms with Crippen LogP contribution in [0.2, 0.25) is 0 Å². The van der Waals surface area contributed by atoms with E-state index in [1.165, 1.54) is 6.08 Å². The molecule has 4 heteroatoms. The Morgan fingerprint density at radius 3 is 3.07 bits per heavy atom. The van der Waals surface area contributed by atoms with Crippen molar-refractivity contribution in [2.45, 2.75) is 13.8 Å². The molecule has 15 heavy (non-hydrogen) atoms. The minimum Gasteiger partial charge on any atom is -0.463 e. The maximum absolute atomic E-state index is 11.0. The molecule has 0 amide bonds. The molecule has 0 aromatic carbocycles. The second kappa shape index (κ2) is 5.14. The third-order valence-corrected chi connectivity index (χ3v) is 1.80. The number of rotatable bonds is 3. The van der Waals surface area contributed by atoms with Crippen LogP contribution in [-0.2, 0) is 9.53 Å². The summed E-state index contributed by atoms with van der Waals surface area (Å²) in [6.07, 6.45) is 4.63. The van der Waals surface area contributed by atoms with Gasteiger partial charge in [0.25, 0.3) is 0 Å². The predicted molar refractivity (Wildman–Crippen MR) is 59.2 cm³/mol. The normalized spacial score (nSPS) is 15.7. The molecule has 0 radical (unpaired) electrons. The summed E-state index contributed by atoms with van der Waals surface area (Å²) >= 11 is 0. The summed E-state index contributed by atoms with van der Waals surface area (Å²) < 4.78 is 4.74. The largest absolute Gasteiger partial charge is 0.463 e. The fourth-order valence-electron chi connectivity index (χ4n) is 0.988. The monoisotopic (exact) mass is 206 g/mol. The van der Waals surface area contributed by atoms with E-state index in [1.54, 1.807) is 19.2 Å². The molecule has 1 N–H and O–H groups in total. The van der Waals surface area contributed by atoms with Gasteiger partial charge in [0.2, 0.25) is 0 Å². The Balaban J connectivity index is 2.61. The molecular formula is C11H14N2O2. The number of hydrogen-bond donors (Lipinski definition) is 1. The lowest BCUT2D eigenvalue weighted by Gasteiger charge is -2.11. The Morgan fingerprint density at radius 1 is 1.73 bits per heavy atom. The standard InChI is InChI=1S/C11H14N2O2/c1-4-15-11(14)6-5-10-7-12-8(2)9(3)13-10/h5-7,12H,2,4H2,1,3H3/b6-5+. The molecule has 0 unspecified atom stereocenters. The number of aliphatic imine (C=N–C) groups is 1. The van der Waals surface area contributed by atoms with E-state index in [2.05, 4.69) is 16.9 Å². The first-order valence-electron chi connectivity index (χ1n) is 4.69. The number of ether oxygens (including phenoxy) is 1. The van der Waals surface area contributed by atoms with Crippen LogP contribution in [0.4, 0.5) is 0 Å². The van der Waals surface area contributed by atoms with Crippen molar-refractivity contribution >= 4 is 11.7 Å². The summed E-state index contributed by atoms with van der Waals surface area (Å²) in [7, 11) is 0. The Bertz CT molecular complexity index is 365. The fourth-order valence-corrected chi connectivity index (χ4v) is 0.988. The van der Waals surface area contributed by atoms with Crippen molar-refractivity contribution in [3.63, 3.8) is 0 Å². The first-order chi connectivity index (χ1) is 7.13. The molecule has 0 aromatic heterocycles. The lowest BCUT2D eigenvalue weighted by atomic mass is 10.2. The van der Waals surface area contributed by atoms with Crippen LogP contribution in [-0.4, -0.2) is 18.3 Å². The molecule has 1 aliphatic heterocycles. The molecule has 0 saturated carbocycles. The van der Waals surface area contributed by atoms with Gasteiger partial charge in [0.05, 0.1) is 23.7 Å². The second-order valence-electron chi connectivity index (χ2n) is 2.97. The quantitative estimate of drug-likeness (QED) is 0.562. The van der Waals surface area contributed by atoms with E-state index < -0.39 is 0 Å². The number of nitrogens with zero attached hydrogens (tertiary/aromatic N) is 1. The molecule has 0 aromatic rings. The Morgan fingerprint density at radius 2 is 2.47 bits per heavy atom. The van der Waals surface area contributed by atoms with E-state index in [1.807, 2.05) is 6.92 Å². The zero-order chi connectivity index (χ0) is 11.3. The van der Waals surface area contributed by atoms with E-state index in [0.717, 1.165) is 11.4 Å². The zero-order valence-electron chi connectivity index (χ0n) is 8.91. The van der Waals surface area contributed by atoms with Gasteiger partial charge in [-0.05, 0) is 19.9 Å². The van der Waals surface area contributed by atoms with E-state index >= 15 is 0 Å². The molecule has 0 spiro atoms. The Hall–Kier alpha value is -1.84. The van der Waals surface area contributed by atoms with Crippen molar-refractivity contribution in [2.24, 2.45) is 4.99 Å². The number of carbonyl (C=O) groups is 1. The summed E-state index contributed by atoms with van der Waals surface area (Å²) in [6.45, 7) is 7.74. The summed E-state index contributed by atoms with van der Waals surface area (Å²) in [5.74, 6) is -0.365. The lowest BCUT2D eigenvalue weighted by molar-refractivity contribution is -0.137. The zero-order valence-corrected chi connectivity index (χ0v) is 8.91. The van der Waals surface area contributed by atoms with Gasteiger partial charge in [0, 0.05) is 12.3 Å². The highest BCUT2D eigenvalue weighted by atomic mass is 16.5. The molecule has 1 aliphatic rings. The van der Waals surface area contributed by atoms with Gasteiger partial charge in [0.1, 0.15) is 0 Å². The molecular weight excluding hydrogens is 192 g/mol. The molecule has 0 bridgehead atoms. The average Bonchev–Trinajstić information content (AvgIpc) is 2.20. The SMILES string of the molecule is C=C1NC=C(/C=C/C(=O)OCC)N=C1C.